The Bertz CT molecular complexity index is 1020. The second-order valence-corrected chi connectivity index (χ2v) is 9.95. The molecule has 0 unspecified atom stereocenters. The van der Waals surface area contributed by atoms with Crippen LogP contribution in [-0.2, 0) is 10.0 Å². The number of hydrogen-bond donors (Lipinski definition) is 2. The third-order valence-electron chi connectivity index (χ3n) is 4.58. The second kappa shape index (κ2) is 8.85. The Balaban J connectivity index is 1.59. The molecule has 29 heavy (non-hydrogen) atoms. The van der Waals surface area contributed by atoms with E-state index in [-0.39, 0.29) is 5.69 Å². The van der Waals surface area contributed by atoms with Crippen LogP contribution in [0.4, 0.5) is 21.5 Å². The second-order valence-electron chi connectivity index (χ2n) is 6.90. The number of sulfonamides is 1. The van der Waals surface area contributed by atoms with Crippen LogP contribution in [0, 0.1) is 12.7 Å². The largest absolute Gasteiger partial charge is 0.368 e. The van der Waals surface area contributed by atoms with Gasteiger partial charge in [-0.2, -0.15) is 0 Å². The summed E-state index contributed by atoms with van der Waals surface area (Å²) >= 11 is 8.97. The lowest BCUT2D eigenvalue weighted by atomic mass is 10.1. The lowest BCUT2D eigenvalue weighted by Crippen LogP contribution is -2.50. The highest BCUT2D eigenvalue weighted by atomic mass is 79.9. The van der Waals surface area contributed by atoms with Crippen molar-refractivity contribution in [3.63, 3.8) is 0 Å². The van der Waals surface area contributed by atoms with Crippen molar-refractivity contribution in [2.45, 2.75) is 6.92 Å². The van der Waals surface area contributed by atoms with Gasteiger partial charge in [0.15, 0.2) is 5.11 Å². The van der Waals surface area contributed by atoms with Gasteiger partial charge in [0.25, 0.3) is 0 Å². The molecule has 0 amide bonds. The van der Waals surface area contributed by atoms with Gasteiger partial charge in [0.05, 0.1) is 11.9 Å². The average molecular weight is 501 g/mol. The number of piperazine rings is 1. The van der Waals surface area contributed by atoms with Gasteiger partial charge >= 0.3 is 0 Å². The number of nitrogens with one attached hydrogen (secondary N) is 2. The van der Waals surface area contributed by atoms with E-state index in [4.69, 9.17) is 12.2 Å². The standard InChI is InChI=1S/C19H22BrFN4O2S2/c1-13-11-14(20)3-6-18(13)24-7-9-25(10-8-24)19(28)22-15-4-5-17(16(21)12-15)23-29(2,26)27/h3-6,11-12,23H,7-10H2,1-2H3,(H,22,28). The van der Waals surface area contributed by atoms with E-state index in [1.54, 1.807) is 6.07 Å². The summed E-state index contributed by atoms with van der Waals surface area (Å²) in [6.07, 6.45) is 0.975. The van der Waals surface area contributed by atoms with Crippen molar-refractivity contribution in [3.8, 4) is 0 Å². The number of halogens is 2. The lowest BCUT2D eigenvalue weighted by Gasteiger charge is -2.38. The summed E-state index contributed by atoms with van der Waals surface area (Å²) < 4.78 is 39.9. The van der Waals surface area contributed by atoms with Crippen LogP contribution in [0.25, 0.3) is 0 Å². The van der Waals surface area contributed by atoms with Gasteiger partial charge in [-0.1, -0.05) is 15.9 Å². The molecule has 0 aliphatic carbocycles. The minimum Gasteiger partial charge on any atom is -0.368 e. The van der Waals surface area contributed by atoms with Crippen molar-refractivity contribution in [3.05, 3.63) is 52.3 Å². The summed E-state index contributed by atoms with van der Waals surface area (Å²) in [5, 5.41) is 3.55. The Hall–Kier alpha value is -1.91. The first kappa shape index (κ1) is 21.8. The van der Waals surface area contributed by atoms with Gasteiger partial charge in [-0.05, 0) is 61.1 Å². The van der Waals surface area contributed by atoms with Crippen LogP contribution >= 0.6 is 28.1 Å². The Kier molecular flexibility index (Phi) is 6.65. The molecule has 0 bridgehead atoms. The zero-order valence-electron chi connectivity index (χ0n) is 16.1. The van der Waals surface area contributed by atoms with E-state index in [0.29, 0.717) is 10.8 Å². The molecule has 2 aromatic carbocycles. The number of anilines is 3. The van der Waals surface area contributed by atoms with Crippen molar-refractivity contribution < 1.29 is 12.8 Å². The lowest BCUT2D eigenvalue weighted by molar-refractivity contribution is 0.390. The maximum atomic E-state index is 14.1. The quantitative estimate of drug-likeness (QED) is 0.622. The molecule has 2 aromatic rings. The van der Waals surface area contributed by atoms with Gasteiger partial charge in [-0.3, -0.25) is 4.72 Å². The van der Waals surface area contributed by atoms with E-state index in [2.05, 4.69) is 49.9 Å². The predicted molar refractivity (Wildman–Crippen MR) is 124 cm³/mol. The third-order valence-corrected chi connectivity index (χ3v) is 6.03. The van der Waals surface area contributed by atoms with E-state index in [9.17, 15) is 12.8 Å². The number of benzene rings is 2. The molecular weight excluding hydrogens is 479 g/mol. The van der Waals surface area contributed by atoms with E-state index < -0.39 is 15.8 Å². The van der Waals surface area contributed by atoms with Crippen LogP contribution in [0.3, 0.4) is 0 Å². The normalized spacial score (nSPS) is 14.6. The number of rotatable bonds is 4. The first-order chi connectivity index (χ1) is 13.6. The van der Waals surface area contributed by atoms with Crippen LogP contribution in [0.2, 0.25) is 0 Å². The van der Waals surface area contributed by atoms with Gasteiger partial charge in [-0.25, -0.2) is 12.8 Å². The topological polar surface area (TPSA) is 64.7 Å². The SMILES string of the molecule is Cc1cc(Br)ccc1N1CCN(C(=S)Nc2ccc(NS(C)(=O)=O)c(F)c2)CC1. The van der Waals surface area contributed by atoms with Gasteiger partial charge in [0, 0.05) is 42.0 Å². The fraction of sp³-hybridized carbons (Fsp3) is 0.316. The Labute approximate surface area is 184 Å². The van der Waals surface area contributed by atoms with Crippen molar-refractivity contribution in [2.24, 2.45) is 0 Å². The Morgan fingerprint density at radius 2 is 1.83 bits per heavy atom. The van der Waals surface area contributed by atoms with Crippen molar-refractivity contribution >= 4 is 60.3 Å². The molecule has 1 heterocycles. The fourth-order valence-electron chi connectivity index (χ4n) is 3.20. The van der Waals surface area contributed by atoms with Crippen LogP contribution in [-0.4, -0.2) is 50.9 Å². The minimum atomic E-state index is -3.54. The number of nitrogens with zero attached hydrogens (tertiary/aromatic N) is 2. The van der Waals surface area contributed by atoms with Crippen LogP contribution < -0.4 is 14.9 Å². The first-order valence-electron chi connectivity index (χ1n) is 8.97. The zero-order valence-corrected chi connectivity index (χ0v) is 19.3. The molecule has 3 rings (SSSR count). The zero-order chi connectivity index (χ0) is 21.2. The van der Waals surface area contributed by atoms with E-state index in [1.165, 1.54) is 23.4 Å². The van der Waals surface area contributed by atoms with Gasteiger partial charge in [0.2, 0.25) is 10.0 Å². The predicted octanol–water partition coefficient (Wildman–Crippen LogP) is 3.79. The summed E-state index contributed by atoms with van der Waals surface area (Å²) in [4.78, 5) is 4.37. The molecule has 1 aliphatic heterocycles. The molecule has 6 nitrogen and oxygen atoms in total. The average Bonchev–Trinajstić information content (AvgIpc) is 2.63. The molecule has 1 aliphatic rings. The number of hydrogen-bond acceptors (Lipinski definition) is 4. The molecule has 1 saturated heterocycles. The highest BCUT2D eigenvalue weighted by Crippen LogP contribution is 2.25. The van der Waals surface area contributed by atoms with Crippen LogP contribution in [0.5, 0.6) is 0 Å². The molecule has 2 N–H and O–H groups in total. The molecule has 0 spiro atoms. The highest BCUT2D eigenvalue weighted by molar-refractivity contribution is 9.10. The molecular formula is C19H22BrFN4O2S2. The summed E-state index contributed by atoms with van der Waals surface area (Å²) in [6.45, 7) is 5.25. The minimum absolute atomic E-state index is 0.0950. The third kappa shape index (κ3) is 5.80. The smallest absolute Gasteiger partial charge is 0.229 e. The summed E-state index contributed by atoms with van der Waals surface area (Å²) in [6, 6.07) is 10.4. The molecule has 1 fully saturated rings. The number of aryl methyl sites for hydroxylation is 1. The monoisotopic (exact) mass is 500 g/mol. The first-order valence-corrected chi connectivity index (χ1v) is 12.1. The summed E-state index contributed by atoms with van der Waals surface area (Å²) in [5.41, 5.74) is 2.80. The molecule has 0 radical (unpaired) electrons. The van der Waals surface area contributed by atoms with Crippen LogP contribution in [0.1, 0.15) is 5.56 Å². The van der Waals surface area contributed by atoms with Gasteiger partial charge in [-0.15, -0.1) is 0 Å². The Morgan fingerprint density at radius 3 is 2.41 bits per heavy atom. The van der Waals surface area contributed by atoms with E-state index >= 15 is 0 Å². The highest BCUT2D eigenvalue weighted by Gasteiger charge is 2.20. The molecule has 0 aromatic heterocycles. The maximum Gasteiger partial charge on any atom is 0.229 e. The van der Waals surface area contributed by atoms with E-state index in [0.717, 1.165) is 36.9 Å². The maximum absolute atomic E-state index is 14.1. The molecule has 0 atom stereocenters. The van der Waals surface area contributed by atoms with Crippen molar-refractivity contribution in [1.82, 2.24) is 4.90 Å². The van der Waals surface area contributed by atoms with Crippen molar-refractivity contribution in [1.29, 1.82) is 0 Å². The molecule has 156 valence electrons. The Morgan fingerprint density at radius 1 is 1.14 bits per heavy atom. The number of thiocarbonyl (C=S) groups is 1. The van der Waals surface area contributed by atoms with Crippen molar-refractivity contribution in [2.75, 3.05) is 47.4 Å². The van der Waals surface area contributed by atoms with Crippen LogP contribution in [0.15, 0.2) is 40.9 Å². The van der Waals surface area contributed by atoms with E-state index in [1.807, 2.05) is 11.0 Å². The summed E-state index contributed by atoms with van der Waals surface area (Å²) in [5.74, 6) is -0.668. The van der Waals surface area contributed by atoms with Gasteiger partial charge in [0.1, 0.15) is 5.82 Å². The van der Waals surface area contributed by atoms with Gasteiger partial charge < -0.3 is 15.1 Å². The summed E-state index contributed by atoms with van der Waals surface area (Å²) in [7, 11) is -3.54. The molecule has 0 saturated carbocycles. The fourth-order valence-corrected chi connectivity index (χ4v) is 4.54. The molecule has 10 heteroatoms.